The van der Waals surface area contributed by atoms with Crippen LogP contribution in [-0.2, 0) is 16.0 Å². The number of hydrogen-bond donors (Lipinski definition) is 2. The molecule has 0 radical (unpaired) electrons. The van der Waals surface area contributed by atoms with Crippen molar-refractivity contribution in [3.05, 3.63) is 59.7 Å². The van der Waals surface area contributed by atoms with E-state index in [1.165, 1.54) is 0 Å². The second-order valence-corrected chi connectivity index (χ2v) is 5.16. The Balaban J connectivity index is 1.86. The Hall–Kier alpha value is -2.96. The summed E-state index contributed by atoms with van der Waals surface area (Å²) in [6, 6.07) is 9.91. The van der Waals surface area contributed by atoms with Crippen molar-refractivity contribution in [3.8, 4) is 5.75 Å². The first kappa shape index (κ1) is 18.4. The number of benzene rings is 2. The van der Waals surface area contributed by atoms with Gasteiger partial charge in [0, 0.05) is 18.3 Å². The van der Waals surface area contributed by atoms with E-state index in [-0.39, 0.29) is 12.2 Å². The molecule has 132 valence electrons. The van der Waals surface area contributed by atoms with Crippen LogP contribution in [-0.4, -0.2) is 25.0 Å². The van der Waals surface area contributed by atoms with E-state index < -0.39 is 23.4 Å². The molecule has 0 unspecified atom stereocenters. The second-order valence-electron chi connectivity index (χ2n) is 5.16. The highest BCUT2D eigenvalue weighted by Crippen LogP contribution is 2.18. The molecular weight excluding hydrogens is 330 g/mol. The lowest BCUT2D eigenvalue weighted by atomic mass is 10.1. The molecule has 0 aromatic heterocycles. The molecule has 2 aromatic carbocycles. The molecule has 0 saturated carbocycles. The quantitative estimate of drug-likeness (QED) is 0.789. The smallest absolute Gasteiger partial charge is 0.313 e. The van der Waals surface area contributed by atoms with Crippen LogP contribution in [0.3, 0.4) is 0 Å². The van der Waals surface area contributed by atoms with Crippen molar-refractivity contribution in [2.45, 2.75) is 13.3 Å². The Bertz CT molecular complexity index is 745. The minimum absolute atomic E-state index is 0.126. The number of carbonyl (C=O) groups excluding carboxylic acids is 2. The number of anilines is 1. The fourth-order valence-electron chi connectivity index (χ4n) is 2.21. The van der Waals surface area contributed by atoms with Crippen molar-refractivity contribution in [3.63, 3.8) is 0 Å². The van der Waals surface area contributed by atoms with Crippen LogP contribution in [0.15, 0.2) is 42.5 Å². The van der Waals surface area contributed by atoms with E-state index in [4.69, 9.17) is 4.74 Å². The Morgan fingerprint density at radius 1 is 1.04 bits per heavy atom. The van der Waals surface area contributed by atoms with Gasteiger partial charge in [-0.1, -0.05) is 18.2 Å². The average molecular weight is 348 g/mol. The maximum absolute atomic E-state index is 13.1. The molecule has 0 fully saturated rings. The molecule has 2 rings (SSSR count). The Labute approximate surface area is 144 Å². The predicted molar refractivity (Wildman–Crippen MR) is 89.3 cm³/mol. The van der Waals surface area contributed by atoms with Gasteiger partial charge < -0.3 is 15.4 Å². The Morgan fingerprint density at radius 2 is 1.72 bits per heavy atom. The lowest BCUT2D eigenvalue weighted by Gasteiger charge is -2.10. The number of hydrogen-bond acceptors (Lipinski definition) is 3. The number of carbonyl (C=O) groups is 2. The summed E-state index contributed by atoms with van der Waals surface area (Å²) >= 11 is 0. The topological polar surface area (TPSA) is 67.4 Å². The van der Waals surface area contributed by atoms with E-state index in [0.29, 0.717) is 19.1 Å². The van der Waals surface area contributed by atoms with E-state index in [0.717, 1.165) is 23.4 Å². The summed E-state index contributed by atoms with van der Waals surface area (Å²) in [5.74, 6) is -2.85. The SMILES string of the molecule is CCOc1ccccc1CCNC(=O)C(=O)Nc1cc(F)cc(F)c1. The van der Waals surface area contributed by atoms with Gasteiger partial charge in [-0.3, -0.25) is 9.59 Å². The van der Waals surface area contributed by atoms with Crippen molar-refractivity contribution in [2.24, 2.45) is 0 Å². The van der Waals surface area contributed by atoms with E-state index in [2.05, 4.69) is 10.6 Å². The molecule has 5 nitrogen and oxygen atoms in total. The van der Waals surface area contributed by atoms with Gasteiger partial charge in [-0.05, 0) is 37.1 Å². The van der Waals surface area contributed by atoms with Gasteiger partial charge in [0.25, 0.3) is 0 Å². The van der Waals surface area contributed by atoms with E-state index >= 15 is 0 Å². The predicted octanol–water partition coefficient (Wildman–Crippen LogP) is 2.66. The van der Waals surface area contributed by atoms with Gasteiger partial charge in [-0.2, -0.15) is 0 Å². The highest BCUT2D eigenvalue weighted by atomic mass is 19.1. The fraction of sp³-hybridized carbons (Fsp3) is 0.222. The third-order valence-corrected chi connectivity index (χ3v) is 3.28. The zero-order valence-corrected chi connectivity index (χ0v) is 13.6. The third-order valence-electron chi connectivity index (χ3n) is 3.28. The lowest BCUT2D eigenvalue weighted by Crippen LogP contribution is -2.36. The molecule has 25 heavy (non-hydrogen) atoms. The number of para-hydroxylation sites is 1. The van der Waals surface area contributed by atoms with Crippen molar-refractivity contribution >= 4 is 17.5 Å². The normalized spacial score (nSPS) is 10.2. The molecule has 0 heterocycles. The van der Waals surface area contributed by atoms with Gasteiger partial charge in [0.1, 0.15) is 17.4 Å². The highest BCUT2D eigenvalue weighted by Gasteiger charge is 2.14. The molecule has 2 N–H and O–H groups in total. The largest absolute Gasteiger partial charge is 0.494 e. The van der Waals surface area contributed by atoms with Crippen LogP contribution >= 0.6 is 0 Å². The summed E-state index contributed by atoms with van der Waals surface area (Å²) in [5, 5.41) is 4.60. The highest BCUT2D eigenvalue weighted by molar-refractivity contribution is 6.39. The van der Waals surface area contributed by atoms with E-state index in [1.807, 2.05) is 31.2 Å². The van der Waals surface area contributed by atoms with Gasteiger partial charge >= 0.3 is 11.8 Å². The summed E-state index contributed by atoms with van der Waals surface area (Å²) < 4.78 is 31.6. The maximum Gasteiger partial charge on any atom is 0.313 e. The van der Waals surface area contributed by atoms with Gasteiger partial charge in [0.05, 0.1) is 6.61 Å². The number of halogens is 2. The summed E-state index contributed by atoms with van der Waals surface area (Å²) in [5.41, 5.74) is 0.775. The van der Waals surface area contributed by atoms with Crippen LogP contribution in [0.4, 0.5) is 14.5 Å². The van der Waals surface area contributed by atoms with Crippen LogP contribution < -0.4 is 15.4 Å². The molecule has 0 saturated heterocycles. The zero-order valence-electron chi connectivity index (χ0n) is 13.6. The average Bonchev–Trinajstić information content (AvgIpc) is 2.55. The molecule has 0 spiro atoms. The molecule has 0 aliphatic rings. The van der Waals surface area contributed by atoms with Gasteiger partial charge in [-0.25, -0.2) is 8.78 Å². The minimum atomic E-state index is -0.997. The van der Waals surface area contributed by atoms with Gasteiger partial charge in [0.2, 0.25) is 0 Å². The van der Waals surface area contributed by atoms with Crippen molar-refractivity contribution in [1.29, 1.82) is 0 Å². The summed E-state index contributed by atoms with van der Waals surface area (Å²) in [7, 11) is 0. The Morgan fingerprint density at radius 3 is 2.40 bits per heavy atom. The lowest BCUT2D eigenvalue weighted by molar-refractivity contribution is -0.136. The second kappa shape index (κ2) is 8.77. The van der Waals surface area contributed by atoms with Crippen LogP contribution in [0, 0.1) is 11.6 Å². The molecule has 2 aromatic rings. The third kappa shape index (κ3) is 5.56. The van der Waals surface area contributed by atoms with Crippen LogP contribution in [0.1, 0.15) is 12.5 Å². The fourth-order valence-corrected chi connectivity index (χ4v) is 2.21. The molecular formula is C18H18F2N2O3. The minimum Gasteiger partial charge on any atom is -0.494 e. The van der Waals surface area contributed by atoms with E-state index in [9.17, 15) is 18.4 Å². The van der Waals surface area contributed by atoms with Gasteiger partial charge in [-0.15, -0.1) is 0 Å². The zero-order chi connectivity index (χ0) is 18.2. The maximum atomic E-state index is 13.1. The number of nitrogens with one attached hydrogen (secondary N) is 2. The van der Waals surface area contributed by atoms with Crippen LogP contribution in [0.25, 0.3) is 0 Å². The molecule has 7 heteroatoms. The molecule has 0 atom stereocenters. The van der Waals surface area contributed by atoms with Crippen molar-refractivity contribution in [2.75, 3.05) is 18.5 Å². The first-order chi connectivity index (χ1) is 12.0. The van der Waals surface area contributed by atoms with Crippen molar-refractivity contribution < 1.29 is 23.1 Å². The van der Waals surface area contributed by atoms with Crippen LogP contribution in [0.5, 0.6) is 5.75 Å². The van der Waals surface area contributed by atoms with Crippen molar-refractivity contribution in [1.82, 2.24) is 5.32 Å². The first-order valence-corrected chi connectivity index (χ1v) is 7.75. The molecule has 0 aliphatic carbocycles. The number of ether oxygens (including phenoxy) is 1. The number of rotatable bonds is 6. The summed E-state index contributed by atoms with van der Waals surface area (Å²) in [4.78, 5) is 23.5. The number of amides is 2. The summed E-state index contributed by atoms with van der Waals surface area (Å²) in [6.45, 7) is 2.61. The van der Waals surface area contributed by atoms with Crippen LogP contribution in [0.2, 0.25) is 0 Å². The Kier molecular flexibility index (Phi) is 6.45. The van der Waals surface area contributed by atoms with Gasteiger partial charge in [0.15, 0.2) is 0 Å². The van der Waals surface area contributed by atoms with E-state index in [1.54, 1.807) is 0 Å². The monoisotopic (exact) mass is 348 g/mol. The molecule has 0 aliphatic heterocycles. The summed E-state index contributed by atoms with van der Waals surface area (Å²) in [6.07, 6.45) is 0.476. The standard InChI is InChI=1S/C18H18F2N2O3/c1-2-25-16-6-4-3-5-12(16)7-8-21-17(23)18(24)22-15-10-13(19)9-14(20)11-15/h3-6,9-11H,2,7-8H2,1H3,(H,21,23)(H,22,24). The molecule has 0 bridgehead atoms. The first-order valence-electron chi connectivity index (χ1n) is 7.75. The molecule has 2 amide bonds.